The highest BCUT2D eigenvalue weighted by Crippen LogP contribution is 2.36. The summed E-state index contributed by atoms with van der Waals surface area (Å²) in [5.41, 5.74) is 12.5. The summed E-state index contributed by atoms with van der Waals surface area (Å²) < 4.78 is 2.09. The fraction of sp³-hybridized carbons (Fsp3) is 0.111. The number of nitrogens with one attached hydrogen (secondary N) is 2. The molecule has 0 saturated carbocycles. The van der Waals surface area contributed by atoms with Gasteiger partial charge in [0.25, 0.3) is 0 Å². The molecule has 3 rings (SSSR count). The van der Waals surface area contributed by atoms with Gasteiger partial charge >= 0.3 is 0 Å². The molecule has 0 bridgehead atoms. The lowest BCUT2D eigenvalue weighted by atomic mass is 10.0. The largest absolute Gasteiger partial charge is 0.369 e. The molecule has 0 amide bonds. The van der Waals surface area contributed by atoms with Crippen LogP contribution < -0.4 is 11.2 Å². The molecule has 7 heteroatoms. The topological polar surface area (TPSA) is 79.2 Å². The first kappa shape index (κ1) is 17.3. The van der Waals surface area contributed by atoms with E-state index in [0.717, 1.165) is 27.7 Å². The molecule has 0 atom stereocenters. The molecule has 25 heavy (non-hydrogen) atoms. The van der Waals surface area contributed by atoms with Crippen molar-refractivity contribution < 1.29 is 0 Å². The number of para-hydroxylation sites is 1. The van der Waals surface area contributed by atoms with Gasteiger partial charge in [-0.05, 0) is 25.1 Å². The zero-order valence-corrected chi connectivity index (χ0v) is 15.3. The Balaban J connectivity index is 2.31. The SMILES string of the molecule is C/C(=N/NC(=N)N)c1c(-c2ccc(Cl)c(Cl)c2)n(C)c2ccccc12. The quantitative estimate of drug-likeness (QED) is 0.362. The Morgan fingerprint density at radius 3 is 2.56 bits per heavy atom. The van der Waals surface area contributed by atoms with Gasteiger partial charge in [0.05, 0.1) is 21.5 Å². The molecule has 4 N–H and O–H groups in total. The summed E-state index contributed by atoms with van der Waals surface area (Å²) in [6, 6.07) is 13.6. The van der Waals surface area contributed by atoms with E-state index in [1.807, 2.05) is 50.4 Å². The van der Waals surface area contributed by atoms with Gasteiger partial charge in [-0.15, -0.1) is 0 Å². The maximum atomic E-state index is 7.31. The molecule has 0 aliphatic heterocycles. The summed E-state index contributed by atoms with van der Waals surface area (Å²) in [4.78, 5) is 0. The van der Waals surface area contributed by atoms with Gasteiger partial charge < -0.3 is 10.3 Å². The van der Waals surface area contributed by atoms with Gasteiger partial charge in [0, 0.05) is 29.1 Å². The third-order valence-electron chi connectivity index (χ3n) is 4.01. The van der Waals surface area contributed by atoms with E-state index in [1.165, 1.54) is 0 Å². The van der Waals surface area contributed by atoms with Gasteiger partial charge in [0.1, 0.15) is 0 Å². The van der Waals surface area contributed by atoms with E-state index in [2.05, 4.69) is 15.1 Å². The number of benzene rings is 2. The number of hydrazone groups is 1. The Bertz CT molecular complexity index is 1000. The number of hydrogen-bond donors (Lipinski definition) is 3. The van der Waals surface area contributed by atoms with E-state index in [-0.39, 0.29) is 5.96 Å². The Kier molecular flexibility index (Phi) is 4.70. The zero-order chi connectivity index (χ0) is 18.1. The van der Waals surface area contributed by atoms with Gasteiger partial charge in [-0.2, -0.15) is 5.10 Å². The number of fused-ring (bicyclic) bond motifs is 1. The molecule has 0 aliphatic carbocycles. The molecule has 1 aromatic heterocycles. The number of hydrogen-bond acceptors (Lipinski definition) is 2. The molecule has 0 radical (unpaired) electrons. The van der Waals surface area contributed by atoms with Gasteiger partial charge in [0.15, 0.2) is 0 Å². The standard InChI is InChI=1S/C18H17Cl2N5/c1-10(23-24-18(21)22)16-12-5-3-4-6-15(12)25(2)17(16)11-7-8-13(19)14(20)9-11/h3-9H,1-2H3,(H4,21,22,24)/b23-10-. The summed E-state index contributed by atoms with van der Waals surface area (Å²) in [6.45, 7) is 1.87. The van der Waals surface area contributed by atoms with Crippen LogP contribution in [-0.4, -0.2) is 16.2 Å². The fourth-order valence-corrected chi connectivity index (χ4v) is 3.24. The first-order valence-corrected chi connectivity index (χ1v) is 8.33. The second-order valence-electron chi connectivity index (χ2n) is 5.65. The average molecular weight is 374 g/mol. The molecule has 128 valence electrons. The van der Waals surface area contributed by atoms with E-state index >= 15 is 0 Å². The van der Waals surface area contributed by atoms with E-state index in [1.54, 1.807) is 6.07 Å². The highest BCUT2D eigenvalue weighted by molar-refractivity contribution is 6.42. The van der Waals surface area contributed by atoms with Crippen LogP contribution in [0.3, 0.4) is 0 Å². The van der Waals surface area contributed by atoms with Gasteiger partial charge in [0.2, 0.25) is 5.96 Å². The van der Waals surface area contributed by atoms with Crippen LogP contribution in [-0.2, 0) is 7.05 Å². The average Bonchev–Trinajstić information content (AvgIpc) is 2.88. The maximum Gasteiger partial charge on any atom is 0.206 e. The van der Waals surface area contributed by atoms with Crippen molar-refractivity contribution in [1.82, 2.24) is 9.99 Å². The third kappa shape index (κ3) is 3.21. The smallest absolute Gasteiger partial charge is 0.206 e. The summed E-state index contributed by atoms with van der Waals surface area (Å²) in [5.74, 6) is -0.212. The Labute approximate surface area is 155 Å². The van der Waals surface area contributed by atoms with E-state index < -0.39 is 0 Å². The molecule has 0 saturated heterocycles. The van der Waals surface area contributed by atoms with Crippen molar-refractivity contribution in [1.29, 1.82) is 5.41 Å². The van der Waals surface area contributed by atoms with Crippen LogP contribution in [0.15, 0.2) is 47.6 Å². The Morgan fingerprint density at radius 1 is 1.16 bits per heavy atom. The molecule has 3 aromatic rings. The zero-order valence-electron chi connectivity index (χ0n) is 13.8. The number of aromatic nitrogens is 1. The van der Waals surface area contributed by atoms with Crippen LogP contribution in [0.1, 0.15) is 12.5 Å². The van der Waals surface area contributed by atoms with Crippen LogP contribution >= 0.6 is 23.2 Å². The molecule has 0 unspecified atom stereocenters. The van der Waals surface area contributed by atoms with Crippen molar-refractivity contribution in [2.75, 3.05) is 0 Å². The number of guanidine groups is 1. The summed E-state index contributed by atoms with van der Waals surface area (Å²) >= 11 is 12.3. The number of halogens is 2. The monoisotopic (exact) mass is 373 g/mol. The van der Waals surface area contributed by atoms with Gasteiger partial charge in [-0.3, -0.25) is 5.41 Å². The molecule has 0 aliphatic rings. The first-order valence-electron chi connectivity index (χ1n) is 7.57. The van der Waals surface area contributed by atoms with Gasteiger partial charge in [-0.1, -0.05) is 47.5 Å². The minimum absolute atomic E-state index is 0.212. The highest BCUT2D eigenvalue weighted by Gasteiger charge is 2.19. The van der Waals surface area contributed by atoms with Crippen molar-refractivity contribution in [3.63, 3.8) is 0 Å². The molecule has 0 fully saturated rings. The van der Waals surface area contributed by atoms with Crippen molar-refractivity contribution in [2.45, 2.75) is 6.92 Å². The van der Waals surface area contributed by atoms with Crippen molar-refractivity contribution in [3.05, 3.63) is 58.1 Å². The van der Waals surface area contributed by atoms with E-state index in [0.29, 0.717) is 15.8 Å². The molecule has 1 heterocycles. The molecule has 2 aromatic carbocycles. The first-order chi connectivity index (χ1) is 11.9. The maximum absolute atomic E-state index is 7.31. The number of nitrogens with zero attached hydrogens (tertiary/aromatic N) is 2. The second kappa shape index (κ2) is 6.78. The molecule has 5 nitrogen and oxygen atoms in total. The predicted octanol–water partition coefficient (Wildman–Crippen LogP) is 4.36. The second-order valence-corrected chi connectivity index (χ2v) is 6.47. The lowest BCUT2D eigenvalue weighted by Gasteiger charge is -2.10. The Hall–Kier alpha value is -2.50. The minimum atomic E-state index is -0.212. The lowest BCUT2D eigenvalue weighted by molar-refractivity contribution is 0.972. The van der Waals surface area contributed by atoms with E-state index in [9.17, 15) is 0 Å². The highest BCUT2D eigenvalue weighted by atomic mass is 35.5. The number of rotatable bonds is 3. The van der Waals surface area contributed by atoms with Crippen molar-refractivity contribution in [3.8, 4) is 11.3 Å². The molecular weight excluding hydrogens is 357 g/mol. The van der Waals surface area contributed by atoms with Crippen molar-refractivity contribution >= 4 is 45.8 Å². The predicted molar refractivity (Wildman–Crippen MR) is 106 cm³/mol. The summed E-state index contributed by atoms with van der Waals surface area (Å²) in [5, 5.41) is 13.6. The minimum Gasteiger partial charge on any atom is -0.369 e. The lowest BCUT2D eigenvalue weighted by Crippen LogP contribution is -2.26. The van der Waals surface area contributed by atoms with Crippen LogP contribution in [0.25, 0.3) is 22.2 Å². The molecule has 0 spiro atoms. The summed E-state index contributed by atoms with van der Waals surface area (Å²) in [7, 11) is 2.00. The summed E-state index contributed by atoms with van der Waals surface area (Å²) in [6.07, 6.45) is 0. The normalized spacial score (nSPS) is 11.8. The molecular formula is C18H17Cl2N5. The van der Waals surface area contributed by atoms with Crippen LogP contribution in [0, 0.1) is 5.41 Å². The van der Waals surface area contributed by atoms with Gasteiger partial charge in [-0.25, -0.2) is 5.43 Å². The number of nitrogens with two attached hydrogens (primary N) is 1. The number of aryl methyl sites for hydroxylation is 1. The Morgan fingerprint density at radius 2 is 1.88 bits per heavy atom. The third-order valence-corrected chi connectivity index (χ3v) is 4.74. The van der Waals surface area contributed by atoms with Crippen LogP contribution in [0.4, 0.5) is 0 Å². The van der Waals surface area contributed by atoms with Crippen LogP contribution in [0.5, 0.6) is 0 Å². The fourth-order valence-electron chi connectivity index (χ4n) is 2.94. The van der Waals surface area contributed by atoms with E-state index in [4.69, 9.17) is 34.3 Å². The van der Waals surface area contributed by atoms with Crippen LogP contribution in [0.2, 0.25) is 10.0 Å². The van der Waals surface area contributed by atoms with Crippen molar-refractivity contribution in [2.24, 2.45) is 17.9 Å².